The monoisotopic (exact) mass is 374 g/mol. The number of aliphatic hydroxyl groups excluding tert-OH is 2. The lowest BCUT2D eigenvalue weighted by Crippen LogP contribution is -2.57. The van der Waals surface area contributed by atoms with E-state index >= 15 is 0 Å². The summed E-state index contributed by atoms with van der Waals surface area (Å²) in [7, 11) is 0. The van der Waals surface area contributed by atoms with Gasteiger partial charge in [-0.1, -0.05) is 27.7 Å². The second kappa shape index (κ2) is 9.30. The maximum absolute atomic E-state index is 9.78. The predicted molar refractivity (Wildman–Crippen MR) is 98.9 cm³/mol. The van der Waals surface area contributed by atoms with Crippen LogP contribution < -0.4 is 0 Å². The van der Waals surface area contributed by atoms with Crippen molar-refractivity contribution in [3.63, 3.8) is 0 Å². The molecule has 154 valence electrons. The minimum Gasteiger partial charge on any atom is -0.396 e. The molecule has 0 amide bonds. The molecule has 0 saturated carbocycles. The van der Waals surface area contributed by atoms with Gasteiger partial charge in [0.15, 0.2) is 5.79 Å². The molecule has 2 aliphatic heterocycles. The van der Waals surface area contributed by atoms with Gasteiger partial charge in [-0.15, -0.1) is 0 Å². The lowest BCUT2D eigenvalue weighted by atomic mass is 9.83. The quantitative estimate of drug-likeness (QED) is 0.769. The fourth-order valence-electron chi connectivity index (χ4n) is 3.66. The van der Waals surface area contributed by atoms with E-state index in [9.17, 15) is 10.2 Å². The summed E-state index contributed by atoms with van der Waals surface area (Å²) >= 11 is 0. The van der Waals surface area contributed by atoms with Crippen LogP contribution in [0.15, 0.2) is 0 Å². The highest BCUT2D eigenvalue weighted by Gasteiger charge is 2.49. The standard InChI is InChI=1S/C20H38O6/c1-5-16-9-23-12-18(4,10-21)13-24-17(6-2)8-20(16)25-14-19(7-3,11-22)15-26-20/h16-17,21-22H,5-15H2,1-4H3. The molecular formula is C20H38O6. The molecule has 3 unspecified atom stereocenters. The van der Waals surface area contributed by atoms with Crippen LogP contribution in [-0.4, -0.2) is 68.4 Å². The van der Waals surface area contributed by atoms with E-state index in [-0.39, 0.29) is 30.7 Å². The Kier molecular flexibility index (Phi) is 7.89. The van der Waals surface area contributed by atoms with Crippen LogP contribution in [0.1, 0.15) is 53.4 Å². The zero-order chi connectivity index (χ0) is 19.3. The molecule has 6 heteroatoms. The zero-order valence-electron chi connectivity index (χ0n) is 17.0. The summed E-state index contributed by atoms with van der Waals surface area (Å²) in [5.41, 5.74) is -0.712. The predicted octanol–water partition coefficient (Wildman–Crippen LogP) is 2.36. The average Bonchev–Trinajstić information content (AvgIpc) is 2.69. The first-order valence-electron chi connectivity index (χ1n) is 10.1. The van der Waals surface area contributed by atoms with Crippen molar-refractivity contribution in [1.82, 2.24) is 0 Å². The molecule has 6 nitrogen and oxygen atoms in total. The molecule has 1 spiro atoms. The van der Waals surface area contributed by atoms with Crippen LogP contribution in [0.3, 0.4) is 0 Å². The van der Waals surface area contributed by atoms with E-state index in [0.29, 0.717) is 39.5 Å². The first kappa shape index (κ1) is 22.1. The molecule has 3 atom stereocenters. The third kappa shape index (κ3) is 4.78. The Morgan fingerprint density at radius 3 is 2.12 bits per heavy atom. The van der Waals surface area contributed by atoms with Crippen molar-refractivity contribution in [1.29, 1.82) is 0 Å². The lowest BCUT2D eigenvalue weighted by molar-refractivity contribution is -0.347. The highest BCUT2D eigenvalue weighted by atomic mass is 16.7. The molecule has 2 heterocycles. The van der Waals surface area contributed by atoms with Crippen LogP contribution in [0.25, 0.3) is 0 Å². The van der Waals surface area contributed by atoms with E-state index in [1.54, 1.807) is 0 Å². The van der Waals surface area contributed by atoms with E-state index in [1.165, 1.54) is 0 Å². The summed E-state index contributed by atoms with van der Waals surface area (Å²) < 4.78 is 24.8. The van der Waals surface area contributed by atoms with Gasteiger partial charge in [0, 0.05) is 23.2 Å². The highest BCUT2D eigenvalue weighted by molar-refractivity contribution is 4.91. The van der Waals surface area contributed by atoms with Gasteiger partial charge < -0.3 is 29.2 Å². The van der Waals surface area contributed by atoms with Crippen molar-refractivity contribution in [2.24, 2.45) is 16.7 Å². The summed E-state index contributed by atoms with van der Waals surface area (Å²) in [5, 5.41) is 19.5. The second-order valence-corrected chi connectivity index (χ2v) is 8.54. The van der Waals surface area contributed by atoms with Crippen LogP contribution in [-0.2, 0) is 18.9 Å². The molecule has 0 aromatic heterocycles. The fourth-order valence-corrected chi connectivity index (χ4v) is 3.66. The molecule has 0 aliphatic carbocycles. The summed E-state index contributed by atoms with van der Waals surface area (Å²) in [5.74, 6) is -0.661. The van der Waals surface area contributed by atoms with E-state index in [2.05, 4.69) is 20.8 Å². The van der Waals surface area contributed by atoms with Gasteiger partial charge in [-0.2, -0.15) is 0 Å². The average molecular weight is 375 g/mol. The summed E-state index contributed by atoms with van der Waals surface area (Å²) in [6.07, 6.45) is 3.17. The van der Waals surface area contributed by atoms with Gasteiger partial charge in [-0.05, 0) is 19.3 Å². The van der Waals surface area contributed by atoms with Crippen LogP contribution in [0.5, 0.6) is 0 Å². The smallest absolute Gasteiger partial charge is 0.175 e. The Morgan fingerprint density at radius 2 is 1.62 bits per heavy atom. The van der Waals surface area contributed by atoms with Crippen molar-refractivity contribution in [2.45, 2.75) is 65.3 Å². The molecule has 0 radical (unpaired) electrons. The van der Waals surface area contributed by atoms with Crippen molar-refractivity contribution >= 4 is 0 Å². The SMILES string of the molecule is CCC1CC2(OCC(CC)(CO)CO2)C(CC)COCC(C)(CO)CO1. The number of hydrogen-bond donors (Lipinski definition) is 2. The molecule has 2 rings (SSSR count). The number of aliphatic hydroxyl groups is 2. The molecule has 0 aromatic rings. The zero-order valence-corrected chi connectivity index (χ0v) is 17.0. The molecule has 0 aromatic carbocycles. The number of rotatable bonds is 5. The summed E-state index contributed by atoms with van der Waals surface area (Å²) in [4.78, 5) is 0. The Morgan fingerprint density at radius 1 is 0.923 bits per heavy atom. The third-order valence-electron chi connectivity index (χ3n) is 6.23. The van der Waals surface area contributed by atoms with Gasteiger partial charge in [-0.25, -0.2) is 0 Å². The van der Waals surface area contributed by atoms with Gasteiger partial charge in [0.1, 0.15) is 0 Å². The molecular weight excluding hydrogens is 336 g/mol. The van der Waals surface area contributed by atoms with Gasteiger partial charge >= 0.3 is 0 Å². The van der Waals surface area contributed by atoms with Crippen molar-refractivity contribution in [3.05, 3.63) is 0 Å². The van der Waals surface area contributed by atoms with E-state index in [4.69, 9.17) is 18.9 Å². The van der Waals surface area contributed by atoms with Crippen molar-refractivity contribution in [2.75, 3.05) is 46.2 Å². The lowest BCUT2D eigenvalue weighted by Gasteiger charge is -2.50. The maximum Gasteiger partial charge on any atom is 0.175 e. The van der Waals surface area contributed by atoms with Gasteiger partial charge in [-0.3, -0.25) is 0 Å². The Bertz CT molecular complexity index is 415. The van der Waals surface area contributed by atoms with Gasteiger partial charge in [0.2, 0.25) is 0 Å². The molecule has 2 N–H and O–H groups in total. The van der Waals surface area contributed by atoms with Crippen LogP contribution in [0.2, 0.25) is 0 Å². The van der Waals surface area contributed by atoms with Crippen LogP contribution >= 0.6 is 0 Å². The summed E-state index contributed by atoms with van der Waals surface area (Å²) in [6, 6.07) is 0. The Hall–Kier alpha value is -0.240. The fraction of sp³-hybridized carbons (Fsp3) is 1.00. The number of hydrogen-bond acceptors (Lipinski definition) is 6. The largest absolute Gasteiger partial charge is 0.396 e. The van der Waals surface area contributed by atoms with Gasteiger partial charge in [0.05, 0.1) is 52.4 Å². The van der Waals surface area contributed by atoms with E-state index in [0.717, 1.165) is 19.3 Å². The van der Waals surface area contributed by atoms with Crippen molar-refractivity contribution < 1.29 is 29.2 Å². The summed E-state index contributed by atoms with van der Waals surface area (Å²) in [6.45, 7) is 10.8. The molecule has 0 bridgehead atoms. The normalized spacial score (nSPS) is 42.7. The Balaban J connectivity index is 2.21. The van der Waals surface area contributed by atoms with Crippen LogP contribution in [0.4, 0.5) is 0 Å². The first-order valence-corrected chi connectivity index (χ1v) is 10.1. The third-order valence-corrected chi connectivity index (χ3v) is 6.23. The Labute approximate surface area is 158 Å². The minimum atomic E-state index is -0.740. The molecule has 2 saturated heterocycles. The van der Waals surface area contributed by atoms with Crippen molar-refractivity contribution in [3.8, 4) is 0 Å². The van der Waals surface area contributed by atoms with E-state index in [1.807, 2.05) is 6.92 Å². The van der Waals surface area contributed by atoms with Gasteiger partial charge in [0.25, 0.3) is 0 Å². The molecule has 2 fully saturated rings. The first-order chi connectivity index (χ1) is 12.4. The van der Waals surface area contributed by atoms with Crippen LogP contribution in [0, 0.1) is 16.7 Å². The second-order valence-electron chi connectivity index (χ2n) is 8.54. The number of ether oxygens (including phenoxy) is 4. The maximum atomic E-state index is 9.78. The minimum absolute atomic E-state index is 0.00345. The molecule has 26 heavy (non-hydrogen) atoms. The highest BCUT2D eigenvalue weighted by Crippen LogP contribution is 2.42. The topological polar surface area (TPSA) is 77.4 Å². The molecule has 2 aliphatic rings. The van der Waals surface area contributed by atoms with E-state index < -0.39 is 11.2 Å².